The quantitative estimate of drug-likeness (QED) is 0.241. The predicted molar refractivity (Wildman–Crippen MR) is 146 cm³/mol. The molecule has 0 atom stereocenters. The average Bonchev–Trinajstić information content (AvgIpc) is 2.88. The monoisotopic (exact) mass is 563 g/mol. The summed E-state index contributed by atoms with van der Waals surface area (Å²) < 4.78 is 17.1. The summed E-state index contributed by atoms with van der Waals surface area (Å²) in [6.45, 7) is 3.82. The molecule has 9 heteroatoms. The van der Waals surface area contributed by atoms with E-state index in [2.05, 4.69) is 26.6 Å². The minimum Gasteiger partial charge on any atom is -0.497 e. The Bertz CT molecular complexity index is 1350. The second-order valence-corrected chi connectivity index (χ2v) is 8.62. The standard InChI is InChI=1S/C28H26BrN3O5/c1-4-36-25-15-19(13-20(16-30)28(34)31-21-9-11-22(35-3)12-10-21)14-23(29)27(25)37-17-26(33)32-24-8-6-5-7-18(24)2/h5-15H,4,17H2,1-3H3,(H,31,34)(H,32,33)/b20-13-. The number of amides is 2. The smallest absolute Gasteiger partial charge is 0.266 e. The number of rotatable bonds is 10. The van der Waals surface area contributed by atoms with Gasteiger partial charge in [0.05, 0.1) is 18.2 Å². The molecule has 3 aromatic carbocycles. The van der Waals surface area contributed by atoms with Gasteiger partial charge in [-0.2, -0.15) is 5.26 Å². The van der Waals surface area contributed by atoms with Crippen LogP contribution in [-0.4, -0.2) is 32.1 Å². The summed E-state index contributed by atoms with van der Waals surface area (Å²) in [5.74, 6) is 0.460. The lowest BCUT2D eigenvalue weighted by Gasteiger charge is -2.15. The minimum absolute atomic E-state index is 0.101. The maximum atomic E-state index is 12.7. The van der Waals surface area contributed by atoms with Crippen LogP contribution >= 0.6 is 15.9 Å². The van der Waals surface area contributed by atoms with Gasteiger partial charge in [0.15, 0.2) is 18.1 Å². The molecule has 0 spiro atoms. The number of anilines is 2. The number of carbonyl (C=O) groups excluding carboxylic acids is 2. The van der Waals surface area contributed by atoms with Gasteiger partial charge in [0.1, 0.15) is 17.4 Å². The Balaban J connectivity index is 1.76. The van der Waals surface area contributed by atoms with Crippen LogP contribution < -0.4 is 24.8 Å². The summed E-state index contributed by atoms with van der Waals surface area (Å²) >= 11 is 3.45. The molecular formula is C28H26BrN3O5. The molecule has 2 amide bonds. The number of aryl methyl sites for hydroxylation is 1. The molecule has 0 saturated heterocycles. The normalized spacial score (nSPS) is 10.7. The molecule has 3 rings (SSSR count). The van der Waals surface area contributed by atoms with Crippen molar-refractivity contribution in [1.82, 2.24) is 0 Å². The maximum Gasteiger partial charge on any atom is 0.266 e. The van der Waals surface area contributed by atoms with E-state index in [4.69, 9.17) is 14.2 Å². The highest BCUT2D eigenvalue weighted by molar-refractivity contribution is 9.10. The zero-order valence-electron chi connectivity index (χ0n) is 20.6. The summed E-state index contributed by atoms with van der Waals surface area (Å²) in [6.07, 6.45) is 1.45. The molecule has 0 heterocycles. The first-order valence-corrected chi connectivity index (χ1v) is 12.2. The average molecular weight is 564 g/mol. The van der Waals surface area contributed by atoms with Gasteiger partial charge in [-0.25, -0.2) is 0 Å². The lowest BCUT2D eigenvalue weighted by Crippen LogP contribution is -2.21. The van der Waals surface area contributed by atoms with Crippen molar-refractivity contribution in [2.24, 2.45) is 0 Å². The fourth-order valence-corrected chi connectivity index (χ4v) is 3.87. The van der Waals surface area contributed by atoms with Gasteiger partial charge in [0.25, 0.3) is 11.8 Å². The van der Waals surface area contributed by atoms with Gasteiger partial charge < -0.3 is 24.8 Å². The molecule has 0 saturated carbocycles. The minimum atomic E-state index is -0.560. The molecule has 8 nitrogen and oxygen atoms in total. The fourth-order valence-electron chi connectivity index (χ4n) is 3.30. The summed E-state index contributed by atoms with van der Waals surface area (Å²) in [7, 11) is 1.55. The van der Waals surface area contributed by atoms with E-state index in [-0.39, 0.29) is 18.1 Å². The van der Waals surface area contributed by atoms with E-state index in [1.807, 2.05) is 44.2 Å². The van der Waals surface area contributed by atoms with Crippen molar-refractivity contribution >= 4 is 45.2 Å². The second kappa shape index (κ2) is 13.1. The Morgan fingerprint density at radius 1 is 1.05 bits per heavy atom. The molecule has 0 aliphatic rings. The topological polar surface area (TPSA) is 110 Å². The van der Waals surface area contributed by atoms with Crippen LogP contribution in [0.2, 0.25) is 0 Å². The molecule has 0 aromatic heterocycles. The lowest BCUT2D eigenvalue weighted by atomic mass is 10.1. The van der Waals surface area contributed by atoms with Crippen LogP contribution in [0.1, 0.15) is 18.1 Å². The van der Waals surface area contributed by atoms with Crippen molar-refractivity contribution in [3.63, 3.8) is 0 Å². The van der Waals surface area contributed by atoms with Crippen LogP contribution in [0, 0.1) is 18.3 Å². The highest BCUT2D eigenvalue weighted by atomic mass is 79.9. The van der Waals surface area contributed by atoms with E-state index < -0.39 is 5.91 Å². The molecule has 37 heavy (non-hydrogen) atoms. The third-order valence-electron chi connectivity index (χ3n) is 5.12. The van der Waals surface area contributed by atoms with Crippen molar-refractivity contribution in [1.29, 1.82) is 5.26 Å². The predicted octanol–water partition coefficient (Wildman–Crippen LogP) is 5.73. The van der Waals surface area contributed by atoms with Gasteiger partial charge in [0, 0.05) is 11.4 Å². The first-order valence-electron chi connectivity index (χ1n) is 11.4. The Hall–Kier alpha value is -4.29. The zero-order valence-corrected chi connectivity index (χ0v) is 22.2. The summed E-state index contributed by atoms with van der Waals surface area (Å²) in [5.41, 5.74) is 2.60. The number of para-hydroxylation sites is 1. The zero-order chi connectivity index (χ0) is 26.8. The van der Waals surface area contributed by atoms with Gasteiger partial charge >= 0.3 is 0 Å². The number of methoxy groups -OCH3 is 1. The molecule has 190 valence electrons. The van der Waals surface area contributed by atoms with Crippen LogP contribution in [-0.2, 0) is 9.59 Å². The van der Waals surface area contributed by atoms with E-state index in [9.17, 15) is 14.9 Å². The van der Waals surface area contributed by atoms with Gasteiger partial charge in [0.2, 0.25) is 0 Å². The SMILES string of the molecule is CCOc1cc(/C=C(/C#N)C(=O)Nc2ccc(OC)cc2)cc(Br)c1OCC(=O)Nc1ccccc1C. The van der Waals surface area contributed by atoms with E-state index in [1.165, 1.54) is 6.08 Å². The lowest BCUT2D eigenvalue weighted by molar-refractivity contribution is -0.118. The molecule has 2 N–H and O–H groups in total. The molecule has 0 fully saturated rings. The van der Waals surface area contributed by atoms with Crippen LogP contribution in [0.4, 0.5) is 11.4 Å². The fraction of sp³-hybridized carbons (Fsp3) is 0.179. The van der Waals surface area contributed by atoms with Crippen molar-refractivity contribution in [2.75, 3.05) is 31.0 Å². The Labute approximate surface area is 224 Å². The van der Waals surface area contributed by atoms with Crippen molar-refractivity contribution in [3.05, 3.63) is 81.8 Å². The van der Waals surface area contributed by atoms with E-state index in [1.54, 1.807) is 43.5 Å². The largest absolute Gasteiger partial charge is 0.497 e. The van der Waals surface area contributed by atoms with Crippen LogP contribution in [0.5, 0.6) is 17.2 Å². The highest BCUT2D eigenvalue weighted by Crippen LogP contribution is 2.37. The Kier molecular flexibility index (Phi) is 9.69. The summed E-state index contributed by atoms with van der Waals surface area (Å²) in [4.78, 5) is 25.1. The molecule has 0 radical (unpaired) electrons. The van der Waals surface area contributed by atoms with Gasteiger partial charge in [-0.1, -0.05) is 18.2 Å². The first-order chi connectivity index (χ1) is 17.8. The molecule has 3 aromatic rings. The van der Waals surface area contributed by atoms with E-state index in [0.29, 0.717) is 45.3 Å². The van der Waals surface area contributed by atoms with Crippen LogP contribution in [0.25, 0.3) is 6.08 Å². The third kappa shape index (κ3) is 7.59. The summed E-state index contributed by atoms with van der Waals surface area (Å²) in [6, 6.07) is 19.5. The van der Waals surface area contributed by atoms with Crippen LogP contribution in [0.3, 0.4) is 0 Å². The van der Waals surface area contributed by atoms with Crippen molar-refractivity contribution < 1.29 is 23.8 Å². The highest BCUT2D eigenvalue weighted by Gasteiger charge is 2.16. The summed E-state index contributed by atoms with van der Waals surface area (Å²) in [5, 5.41) is 15.1. The number of nitrogens with one attached hydrogen (secondary N) is 2. The van der Waals surface area contributed by atoms with E-state index in [0.717, 1.165) is 5.56 Å². The number of ether oxygens (including phenoxy) is 3. The molecular weight excluding hydrogens is 538 g/mol. The Morgan fingerprint density at radius 3 is 2.43 bits per heavy atom. The molecule has 0 bridgehead atoms. The van der Waals surface area contributed by atoms with Gasteiger partial charge in [-0.3, -0.25) is 9.59 Å². The number of carbonyl (C=O) groups is 2. The number of nitriles is 1. The number of halogens is 1. The Morgan fingerprint density at radius 2 is 1.78 bits per heavy atom. The van der Waals surface area contributed by atoms with Gasteiger partial charge in [-0.05, 0) is 89.4 Å². The van der Waals surface area contributed by atoms with E-state index >= 15 is 0 Å². The van der Waals surface area contributed by atoms with Gasteiger partial charge in [-0.15, -0.1) is 0 Å². The third-order valence-corrected chi connectivity index (χ3v) is 5.71. The molecule has 0 aliphatic carbocycles. The number of hydrogen-bond donors (Lipinski definition) is 2. The maximum absolute atomic E-state index is 12.7. The second-order valence-electron chi connectivity index (χ2n) is 7.77. The van der Waals surface area contributed by atoms with Crippen LogP contribution in [0.15, 0.2) is 70.7 Å². The molecule has 0 unspecified atom stereocenters. The van der Waals surface area contributed by atoms with Crippen molar-refractivity contribution in [2.45, 2.75) is 13.8 Å². The van der Waals surface area contributed by atoms with Crippen molar-refractivity contribution in [3.8, 4) is 23.3 Å². The number of hydrogen-bond acceptors (Lipinski definition) is 6. The molecule has 0 aliphatic heterocycles. The number of nitrogens with zero attached hydrogens (tertiary/aromatic N) is 1. The number of benzene rings is 3. The first kappa shape index (κ1) is 27.3.